The van der Waals surface area contributed by atoms with Crippen molar-refractivity contribution >= 4 is 0 Å². The molecule has 0 spiro atoms. The summed E-state index contributed by atoms with van der Waals surface area (Å²) < 4.78 is 15.7. The van der Waals surface area contributed by atoms with E-state index in [1.54, 1.807) is 14.2 Å². The van der Waals surface area contributed by atoms with Crippen molar-refractivity contribution in [3.05, 3.63) is 23.8 Å². The summed E-state index contributed by atoms with van der Waals surface area (Å²) in [7, 11) is 3.24. The van der Waals surface area contributed by atoms with Crippen molar-refractivity contribution in [3.63, 3.8) is 0 Å². The molecule has 0 radical (unpaired) electrons. The average Bonchev–Trinajstić information content (AvgIpc) is 3.10. The van der Waals surface area contributed by atoms with Gasteiger partial charge in [-0.2, -0.15) is 0 Å². The largest absolute Gasteiger partial charge is 0.497 e. The van der Waals surface area contributed by atoms with Crippen LogP contribution in [0.3, 0.4) is 0 Å². The second kappa shape index (κ2) is 4.31. The van der Waals surface area contributed by atoms with E-state index in [0.29, 0.717) is 13.0 Å². The van der Waals surface area contributed by atoms with Crippen molar-refractivity contribution in [3.8, 4) is 11.5 Å². The van der Waals surface area contributed by atoms with Crippen molar-refractivity contribution in [2.45, 2.75) is 12.0 Å². The quantitative estimate of drug-likeness (QED) is 0.758. The maximum Gasteiger partial charge on any atom is 0.125 e. The molecule has 2 rings (SSSR count). The van der Waals surface area contributed by atoms with Gasteiger partial charge in [0.05, 0.1) is 27.4 Å². The number of aliphatic hydroxyl groups is 1. The molecule has 1 heterocycles. The zero-order valence-electron chi connectivity index (χ0n) is 9.53. The topological polar surface area (TPSA) is 51.2 Å². The summed E-state index contributed by atoms with van der Waals surface area (Å²) in [5.41, 5.74) is 0.636. The van der Waals surface area contributed by atoms with E-state index in [-0.39, 0.29) is 12.2 Å². The van der Waals surface area contributed by atoms with Crippen LogP contribution in [0.15, 0.2) is 18.2 Å². The number of aliphatic hydroxyl groups excluding tert-OH is 1. The van der Waals surface area contributed by atoms with Crippen LogP contribution < -0.4 is 9.47 Å². The molecule has 0 unspecified atom stereocenters. The van der Waals surface area contributed by atoms with Gasteiger partial charge in [-0.15, -0.1) is 0 Å². The number of rotatable bonds is 5. The van der Waals surface area contributed by atoms with Gasteiger partial charge in [0.1, 0.15) is 17.1 Å². The molecule has 1 atom stereocenters. The van der Waals surface area contributed by atoms with E-state index in [1.165, 1.54) is 0 Å². The van der Waals surface area contributed by atoms with Crippen molar-refractivity contribution in [2.75, 3.05) is 27.4 Å². The Morgan fingerprint density at radius 3 is 2.62 bits per heavy atom. The highest BCUT2D eigenvalue weighted by molar-refractivity contribution is 5.41. The number of hydrogen-bond donors (Lipinski definition) is 1. The van der Waals surface area contributed by atoms with Crippen LogP contribution in [-0.2, 0) is 11.2 Å². The van der Waals surface area contributed by atoms with Gasteiger partial charge in [-0.1, -0.05) is 6.07 Å². The summed E-state index contributed by atoms with van der Waals surface area (Å²) >= 11 is 0. The highest BCUT2D eigenvalue weighted by atomic mass is 16.6. The van der Waals surface area contributed by atoms with Gasteiger partial charge in [-0.25, -0.2) is 0 Å². The Bertz CT molecular complexity index is 371. The van der Waals surface area contributed by atoms with Gasteiger partial charge < -0.3 is 19.3 Å². The molecule has 0 saturated carbocycles. The Balaban J connectivity index is 2.20. The summed E-state index contributed by atoms with van der Waals surface area (Å²) in [6.45, 7) is 0.654. The van der Waals surface area contributed by atoms with Crippen LogP contribution in [0.2, 0.25) is 0 Å². The lowest BCUT2D eigenvalue weighted by molar-refractivity contribution is 0.171. The van der Waals surface area contributed by atoms with Gasteiger partial charge >= 0.3 is 0 Å². The number of ether oxygens (including phenoxy) is 3. The van der Waals surface area contributed by atoms with Crippen molar-refractivity contribution < 1.29 is 19.3 Å². The number of epoxide rings is 1. The first-order valence-corrected chi connectivity index (χ1v) is 5.19. The SMILES string of the molecule is COc1ccc(C[C@@]2(CO)CO2)c(OC)c1. The van der Waals surface area contributed by atoms with Crippen LogP contribution in [0.5, 0.6) is 11.5 Å². The molecule has 4 heteroatoms. The number of hydrogen-bond acceptors (Lipinski definition) is 4. The molecule has 0 aromatic heterocycles. The summed E-state index contributed by atoms with van der Waals surface area (Å²) in [4.78, 5) is 0. The Kier molecular flexibility index (Phi) is 3.03. The smallest absolute Gasteiger partial charge is 0.125 e. The third-order valence-electron chi connectivity index (χ3n) is 2.85. The van der Waals surface area contributed by atoms with Gasteiger partial charge in [0.2, 0.25) is 0 Å². The van der Waals surface area contributed by atoms with Gasteiger partial charge in [-0.05, 0) is 11.6 Å². The molecule has 1 aliphatic heterocycles. The molecule has 1 aliphatic rings. The van der Waals surface area contributed by atoms with E-state index in [1.807, 2.05) is 18.2 Å². The molecule has 88 valence electrons. The first kappa shape index (κ1) is 11.2. The lowest BCUT2D eigenvalue weighted by Gasteiger charge is -2.13. The molecule has 1 aromatic rings. The Morgan fingerprint density at radius 1 is 1.38 bits per heavy atom. The van der Waals surface area contributed by atoms with E-state index >= 15 is 0 Å². The minimum Gasteiger partial charge on any atom is -0.497 e. The van der Waals surface area contributed by atoms with Gasteiger partial charge in [0.15, 0.2) is 0 Å². The Hall–Kier alpha value is -1.26. The van der Waals surface area contributed by atoms with Crippen LogP contribution in [0, 0.1) is 0 Å². The monoisotopic (exact) mass is 224 g/mol. The summed E-state index contributed by atoms with van der Waals surface area (Å²) in [6.07, 6.45) is 0.663. The fraction of sp³-hybridized carbons (Fsp3) is 0.500. The lowest BCUT2D eigenvalue weighted by Crippen LogP contribution is -2.20. The minimum absolute atomic E-state index is 0.0438. The van der Waals surface area contributed by atoms with Gasteiger partial charge in [0.25, 0.3) is 0 Å². The zero-order valence-corrected chi connectivity index (χ0v) is 9.53. The highest BCUT2D eigenvalue weighted by Gasteiger charge is 2.44. The molecule has 16 heavy (non-hydrogen) atoms. The minimum atomic E-state index is -0.387. The number of benzene rings is 1. The van der Waals surface area contributed by atoms with E-state index in [4.69, 9.17) is 14.2 Å². The molecule has 1 aromatic carbocycles. The summed E-state index contributed by atoms with van der Waals surface area (Å²) in [5, 5.41) is 9.19. The van der Waals surface area contributed by atoms with Crippen LogP contribution in [0.1, 0.15) is 5.56 Å². The van der Waals surface area contributed by atoms with E-state index in [9.17, 15) is 5.11 Å². The molecule has 0 amide bonds. The van der Waals surface area contributed by atoms with E-state index < -0.39 is 0 Å². The molecule has 1 fully saturated rings. The normalized spacial score (nSPS) is 22.9. The first-order chi connectivity index (χ1) is 7.73. The Labute approximate surface area is 94.8 Å². The Morgan fingerprint density at radius 2 is 2.12 bits per heavy atom. The second-order valence-electron chi connectivity index (χ2n) is 3.98. The highest BCUT2D eigenvalue weighted by Crippen LogP contribution is 2.35. The molecule has 0 bridgehead atoms. The van der Waals surface area contributed by atoms with E-state index in [2.05, 4.69) is 0 Å². The zero-order chi connectivity index (χ0) is 11.6. The third kappa shape index (κ3) is 2.13. The lowest BCUT2D eigenvalue weighted by atomic mass is 10.00. The van der Waals surface area contributed by atoms with E-state index in [0.717, 1.165) is 17.1 Å². The maximum absolute atomic E-state index is 9.19. The predicted molar refractivity (Wildman–Crippen MR) is 59.0 cm³/mol. The van der Waals surface area contributed by atoms with Gasteiger partial charge in [0, 0.05) is 12.5 Å². The second-order valence-corrected chi connectivity index (χ2v) is 3.98. The van der Waals surface area contributed by atoms with Crippen LogP contribution in [0.25, 0.3) is 0 Å². The molecule has 1 N–H and O–H groups in total. The molecule has 4 nitrogen and oxygen atoms in total. The molecule has 0 aliphatic carbocycles. The molecule has 1 saturated heterocycles. The predicted octanol–water partition coefficient (Wildman–Crippen LogP) is 1.01. The van der Waals surface area contributed by atoms with Crippen molar-refractivity contribution in [1.82, 2.24) is 0 Å². The fourth-order valence-electron chi connectivity index (χ4n) is 1.70. The third-order valence-corrected chi connectivity index (χ3v) is 2.85. The van der Waals surface area contributed by atoms with Crippen LogP contribution in [0.4, 0.5) is 0 Å². The van der Waals surface area contributed by atoms with Crippen molar-refractivity contribution in [2.24, 2.45) is 0 Å². The molecular formula is C12H16O4. The maximum atomic E-state index is 9.19. The fourth-order valence-corrected chi connectivity index (χ4v) is 1.70. The first-order valence-electron chi connectivity index (χ1n) is 5.19. The van der Waals surface area contributed by atoms with Crippen molar-refractivity contribution in [1.29, 1.82) is 0 Å². The average molecular weight is 224 g/mol. The number of methoxy groups -OCH3 is 2. The standard InChI is InChI=1S/C12H16O4/c1-14-10-4-3-9(11(5-10)15-2)6-12(7-13)8-16-12/h3-5,13H,6-8H2,1-2H3/t12-/m1/s1. The van der Waals surface area contributed by atoms with Crippen LogP contribution in [-0.4, -0.2) is 38.1 Å². The summed E-state index contributed by atoms with van der Waals surface area (Å²) in [6, 6.07) is 5.66. The van der Waals surface area contributed by atoms with Crippen LogP contribution >= 0.6 is 0 Å². The van der Waals surface area contributed by atoms with Gasteiger partial charge in [-0.3, -0.25) is 0 Å². The molecular weight excluding hydrogens is 208 g/mol. The summed E-state index contributed by atoms with van der Waals surface area (Å²) in [5.74, 6) is 1.53.